The van der Waals surface area contributed by atoms with Crippen molar-refractivity contribution in [2.75, 3.05) is 11.1 Å². The minimum atomic E-state index is -0.158. The number of amides is 1. The van der Waals surface area contributed by atoms with Gasteiger partial charge >= 0.3 is 0 Å². The first-order valence-electron chi connectivity index (χ1n) is 6.43. The molecule has 22 heavy (non-hydrogen) atoms. The van der Waals surface area contributed by atoms with E-state index in [1.165, 1.54) is 11.8 Å². The molecular formula is C15H14ClN3OS2. The minimum absolute atomic E-state index is 0.158. The summed E-state index contributed by atoms with van der Waals surface area (Å²) in [4.78, 5) is 12.8. The Labute approximate surface area is 143 Å². The number of hydrogen-bond donors (Lipinski definition) is 3. The summed E-state index contributed by atoms with van der Waals surface area (Å²) in [5.41, 5.74) is 5.99. The monoisotopic (exact) mass is 351 g/mol. The van der Waals surface area contributed by atoms with Crippen molar-refractivity contribution in [1.82, 2.24) is 10.9 Å². The maximum Gasteiger partial charge on any atom is 0.248 e. The van der Waals surface area contributed by atoms with Gasteiger partial charge in [-0.05, 0) is 48.6 Å². The lowest BCUT2D eigenvalue weighted by atomic mass is 10.3. The van der Waals surface area contributed by atoms with Gasteiger partial charge in [0, 0.05) is 15.6 Å². The number of hydrazine groups is 1. The van der Waals surface area contributed by atoms with Crippen LogP contribution in [0.15, 0.2) is 59.5 Å². The summed E-state index contributed by atoms with van der Waals surface area (Å²) in [6.45, 7) is 0. The van der Waals surface area contributed by atoms with Crippen LogP contribution in [0.3, 0.4) is 0 Å². The Kier molecular flexibility index (Phi) is 6.51. The van der Waals surface area contributed by atoms with Gasteiger partial charge in [-0.25, -0.2) is 0 Å². The van der Waals surface area contributed by atoms with Gasteiger partial charge in [0.15, 0.2) is 5.11 Å². The third-order valence-corrected chi connectivity index (χ3v) is 4.00. The third kappa shape index (κ3) is 5.93. The smallest absolute Gasteiger partial charge is 0.248 e. The highest BCUT2D eigenvalue weighted by Gasteiger charge is 2.03. The molecule has 0 aliphatic heterocycles. The quantitative estimate of drug-likeness (QED) is 0.447. The first-order valence-corrected chi connectivity index (χ1v) is 8.20. The highest BCUT2D eigenvalue weighted by Crippen LogP contribution is 2.16. The Morgan fingerprint density at radius 3 is 2.41 bits per heavy atom. The summed E-state index contributed by atoms with van der Waals surface area (Å²) in [7, 11) is 0. The fraction of sp³-hybridized carbons (Fsp3) is 0.0667. The maximum absolute atomic E-state index is 11.7. The molecule has 3 N–H and O–H groups in total. The standard InChI is InChI=1S/C15H14ClN3OS2/c16-11-6-8-12(9-7-11)17-15(21)19-18-14(20)10-22-13-4-2-1-3-5-13/h1-9H,10H2,(H,18,20)(H2,17,19,21). The molecule has 0 saturated carbocycles. The van der Waals surface area contributed by atoms with Crippen LogP contribution < -0.4 is 16.2 Å². The van der Waals surface area contributed by atoms with E-state index in [1.807, 2.05) is 30.3 Å². The van der Waals surface area contributed by atoms with Crippen LogP contribution in [0.2, 0.25) is 5.02 Å². The molecule has 114 valence electrons. The molecule has 0 heterocycles. The summed E-state index contributed by atoms with van der Waals surface area (Å²) in [5.74, 6) is 0.148. The van der Waals surface area contributed by atoms with Crippen LogP contribution >= 0.6 is 35.6 Å². The lowest BCUT2D eigenvalue weighted by Gasteiger charge is -2.11. The van der Waals surface area contributed by atoms with Gasteiger partial charge in [0.1, 0.15) is 0 Å². The normalized spacial score (nSPS) is 9.86. The fourth-order valence-corrected chi connectivity index (χ4v) is 2.54. The molecule has 0 unspecified atom stereocenters. The fourth-order valence-electron chi connectivity index (χ4n) is 1.52. The Morgan fingerprint density at radius 2 is 1.73 bits per heavy atom. The van der Waals surface area contributed by atoms with Crippen LogP contribution in [-0.2, 0) is 4.79 Å². The van der Waals surface area contributed by atoms with E-state index in [4.69, 9.17) is 23.8 Å². The zero-order chi connectivity index (χ0) is 15.8. The van der Waals surface area contributed by atoms with Crippen molar-refractivity contribution in [2.45, 2.75) is 4.90 Å². The van der Waals surface area contributed by atoms with Crippen molar-refractivity contribution in [1.29, 1.82) is 0 Å². The van der Waals surface area contributed by atoms with Crippen molar-refractivity contribution < 1.29 is 4.79 Å². The largest absolute Gasteiger partial charge is 0.331 e. The van der Waals surface area contributed by atoms with E-state index in [1.54, 1.807) is 24.3 Å². The molecule has 0 aromatic heterocycles. The molecule has 0 aliphatic rings. The number of thioether (sulfide) groups is 1. The van der Waals surface area contributed by atoms with Crippen LogP contribution in [0, 0.1) is 0 Å². The van der Waals surface area contributed by atoms with Crippen LogP contribution in [0.5, 0.6) is 0 Å². The lowest BCUT2D eigenvalue weighted by Crippen LogP contribution is -2.44. The van der Waals surface area contributed by atoms with Gasteiger partial charge < -0.3 is 5.32 Å². The van der Waals surface area contributed by atoms with Crippen LogP contribution in [0.4, 0.5) is 5.69 Å². The molecular weight excluding hydrogens is 338 g/mol. The Hall–Kier alpha value is -1.76. The molecule has 0 bridgehead atoms. The van der Waals surface area contributed by atoms with E-state index in [2.05, 4.69) is 16.2 Å². The average Bonchev–Trinajstić information content (AvgIpc) is 2.54. The SMILES string of the molecule is O=C(CSc1ccccc1)NNC(=S)Nc1ccc(Cl)cc1. The van der Waals surface area contributed by atoms with E-state index < -0.39 is 0 Å². The molecule has 0 radical (unpaired) electrons. The number of carbonyl (C=O) groups excluding carboxylic acids is 1. The van der Waals surface area contributed by atoms with Gasteiger partial charge in [0.2, 0.25) is 5.91 Å². The van der Waals surface area contributed by atoms with Crippen molar-refractivity contribution >= 4 is 52.3 Å². The molecule has 0 fully saturated rings. The average molecular weight is 352 g/mol. The van der Waals surface area contributed by atoms with Crippen molar-refractivity contribution in [2.24, 2.45) is 0 Å². The molecule has 0 aliphatic carbocycles. The predicted molar refractivity (Wildman–Crippen MR) is 96.1 cm³/mol. The summed E-state index contributed by atoms with van der Waals surface area (Å²) in [5, 5.41) is 3.89. The Morgan fingerprint density at radius 1 is 1.05 bits per heavy atom. The molecule has 1 amide bonds. The second-order valence-electron chi connectivity index (χ2n) is 4.24. The lowest BCUT2D eigenvalue weighted by molar-refractivity contribution is -0.119. The van der Waals surface area contributed by atoms with Crippen molar-refractivity contribution in [3.63, 3.8) is 0 Å². The second-order valence-corrected chi connectivity index (χ2v) is 6.13. The Bertz CT molecular complexity index is 635. The number of benzene rings is 2. The Balaban J connectivity index is 1.69. The highest BCUT2D eigenvalue weighted by molar-refractivity contribution is 8.00. The van der Waals surface area contributed by atoms with E-state index >= 15 is 0 Å². The van der Waals surface area contributed by atoms with Crippen molar-refractivity contribution in [3.05, 3.63) is 59.6 Å². The second kappa shape index (κ2) is 8.63. The van der Waals surface area contributed by atoms with E-state index in [9.17, 15) is 4.79 Å². The molecule has 0 saturated heterocycles. The van der Waals surface area contributed by atoms with E-state index in [0.29, 0.717) is 15.9 Å². The molecule has 7 heteroatoms. The number of halogens is 1. The van der Waals surface area contributed by atoms with Crippen LogP contribution in [0.25, 0.3) is 0 Å². The van der Waals surface area contributed by atoms with Gasteiger partial charge in [0.25, 0.3) is 0 Å². The van der Waals surface area contributed by atoms with Crippen molar-refractivity contribution in [3.8, 4) is 0 Å². The molecule has 2 aromatic carbocycles. The summed E-state index contributed by atoms with van der Waals surface area (Å²) < 4.78 is 0. The van der Waals surface area contributed by atoms with E-state index in [0.717, 1.165) is 10.6 Å². The van der Waals surface area contributed by atoms with Gasteiger partial charge in [-0.2, -0.15) is 0 Å². The maximum atomic E-state index is 11.7. The molecule has 2 rings (SSSR count). The summed E-state index contributed by atoms with van der Waals surface area (Å²) in [6, 6.07) is 16.8. The predicted octanol–water partition coefficient (Wildman–Crippen LogP) is 3.45. The van der Waals surface area contributed by atoms with Gasteiger partial charge in [-0.15, -0.1) is 11.8 Å². The summed E-state index contributed by atoms with van der Waals surface area (Å²) in [6.07, 6.45) is 0. The molecule has 4 nitrogen and oxygen atoms in total. The van der Waals surface area contributed by atoms with E-state index in [-0.39, 0.29) is 5.91 Å². The van der Waals surface area contributed by atoms with Gasteiger partial charge in [0.05, 0.1) is 5.75 Å². The third-order valence-electron chi connectivity index (χ3n) is 2.53. The van der Waals surface area contributed by atoms with Gasteiger partial charge in [-0.1, -0.05) is 29.8 Å². The number of hydrogen-bond acceptors (Lipinski definition) is 3. The first-order chi connectivity index (χ1) is 10.6. The van der Waals surface area contributed by atoms with Crippen LogP contribution in [-0.4, -0.2) is 16.8 Å². The zero-order valence-electron chi connectivity index (χ0n) is 11.5. The number of thiocarbonyl (C=S) groups is 1. The number of anilines is 1. The number of rotatable bonds is 4. The minimum Gasteiger partial charge on any atom is -0.331 e. The molecule has 2 aromatic rings. The summed E-state index contributed by atoms with van der Waals surface area (Å²) >= 11 is 12.3. The van der Waals surface area contributed by atoms with Gasteiger partial charge in [-0.3, -0.25) is 15.6 Å². The van der Waals surface area contributed by atoms with Crippen LogP contribution in [0.1, 0.15) is 0 Å². The number of nitrogens with one attached hydrogen (secondary N) is 3. The molecule has 0 atom stereocenters. The topological polar surface area (TPSA) is 53.2 Å². The number of carbonyl (C=O) groups is 1. The molecule has 0 spiro atoms. The zero-order valence-corrected chi connectivity index (χ0v) is 13.9. The first kappa shape index (κ1) is 16.6. The highest BCUT2D eigenvalue weighted by atomic mass is 35.5.